The maximum atomic E-state index is 13.0. The highest BCUT2D eigenvalue weighted by Crippen LogP contribution is 2.34. The molecule has 194 valence electrons. The summed E-state index contributed by atoms with van der Waals surface area (Å²) in [6.07, 6.45) is 1.98. The van der Waals surface area contributed by atoms with Crippen molar-refractivity contribution in [3.63, 3.8) is 0 Å². The van der Waals surface area contributed by atoms with Crippen molar-refractivity contribution in [1.29, 1.82) is 0 Å². The third-order valence-electron chi connectivity index (χ3n) is 5.79. The molecule has 3 N–H and O–H groups in total. The molecule has 12 heteroatoms. The average Bonchev–Trinajstić information content (AvgIpc) is 3.30. The molecular formula is C26H23ClN6O4S. The standard InChI is InChI=1S/C26H23ClN6O4S/c1-16(34)28-20-9-13-22(14-10-20)38(35,36)32-25-30-26-29-23(17-3-7-19(27)8-4-17)15-24(33(26)31-25)18-5-11-21(37-2)12-6-18/h3-15,24H,1-2H3,(H,28,34)(H2,29,30,31,32). The molecule has 0 bridgehead atoms. The van der Waals surface area contributed by atoms with Crippen LogP contribution in [0.1, 0.15) is 24.1 Å². The Morgan fingerprint density at radius 1 is 1.03 bits per heavy atom. The van der Waals surface area contributed by atoms with Gasteiger partial charge < -0.3 is 15.4 Å². The molecule has 10 nitrogen and oxygen atoms in total. The van der Waals surface area contributed by atoms with Gasteiger partial charge in [0.15, 0.2) is 0 Å². The van der Waals surface area contributed by atoms with E-state index in [1.807, 2.05) is 42.5 Å². The van der Waals surface area contributed by atoms with Gasteiger partial charge in [-0.25, -0.2) is 17.8 Å². The normalized spacial score (nSPS) is 14.6. The molecule has 1 amide bonds. The second kappa shape index (κ2) is 10.2. The van der Waals surface area contributed by atoms with Gasteiger partial charge in [-0.2, -0.15) is 4.98 Å². The first kappa shape index (κ1) is 25.3. The lowest BCUT2D eigenvalue weighted by Gasteiger charge is -2.24. The summed E-state index contributed by atoms with van der Waals surface area (Å²) in [7, 11) is -2.40. The van der Waals surface area contributed by atoms with Crippen molar-refractivity contribution in [2.75, 3.05) is 22.5 Å². The highest BCUT2D eigenvalue weighted by Gasteiger charge is 2.27. The van der Waals surface area contributed by atoms with E-state index in [1.54, 1.807) is 23.9 Å². The zero-order chi connectivity index (χ0) is 26.9. The van der Waals surface area contributed by atoms with Gasteiger partial charge in [0, 0.05) is 23.3 Å². The number of anilines is 3. The van der Waals surface area contributed by atoms with Gasteiger partial charge >= 0.3 is 0 Å². The number of nitrogens with zero attached hydrogens (tertiary/aromatic N) is 3. The Bertz CT molecular complexity index is 1620. The number of halogens is 1. The Kier molecular flexibility index (Phi) is 6.79. The highest BCUT2D eigenvalue weighted by molar-refractivity contribution is 7.92. The van der Waals surface area contributed by atoms with Gasteiger partial charge in [0.05, 0.1) is 12.0 Å². The number of ether oxygens (including phenoxy) is 1. The number of methoxy groups -OCH3 is 1. The van der Waals surface area contributed by atoms with Crippen LogP contribution < -0.4 is 20.1 Å². The van der Waals surface area contributed by atoms with Crippen molar-refractivity contribution in [2.24, 2.45) is 0 Å². The van der Waals surface area contributed by atoms with E-state index in [0.29, 0.717) is 22.4 Å². The van der Waals surface area contributed by atoms with Crippen LogP contribution in [0.3, 0.4) is 0 Å². The monoisotopic (exact) mass is 550 g/mol. The minimum atomic E-state index is -4.00. The quantitative estimate of drug-likeness (QED) is 0.303. The molecule has 5 rings (SSSR count). The first-order valence-corrected chi connectivity index (χ1v) is 13.3. The Morgan fingerprint density at radius 2 is 1.71 bits per heavy atom. The Morgan fingerprint density at radius 3 is 2.34 bits per heavy atom. The van der Waals surface area contributed by atoms with Crippen molar-refractivity contribution in [3.05, 3.63) is 95.0 Å². The number of hydrogen-bond donors (Lipinski definition) is 3. The van der Waals surface area contributed by atoms with Gasteiger partial charge in [-0.3, -0.25) is 4.79 Å². The number of hydrogen-bond acceptors (Lipinski definition) is 7. The van der Waals surface area contributed by atoms with Crippen LogP contribution in [0.25, 0.3) is 5.70 Å². The Labute approximate surface area is 224 Å². The first-order chi connectivity index (χ1) is 18.2. The molecule has 2 heterocycles. The van der Waals surface area contributed by atoms with Crippen molar-refractivity contribution < 1.29 is 17.9 Å². The summed E-state index contributed by atoms with van der Waals surface area (Å²) in [5, 5.41) is 10.9. The van der Waals surface area contributed by atoms with Crippen LogP contribution in [0, 0.1) is 0 Å². The maximum Gasteiger partial charge on any atom is 0.264 e. The summed E-state index contributed by atoms with van der Waals surface area (Å²) in [5.74, 6) is 0.720. The van der Waals surface area contributed by atoms with E-state index in [-0.39, 0.29) is 22.8 Å². The van der Waals surface area contributed by atoms with Crippen molar-refractivity contribution >= 4 is 50.8 Å². The molecule has 0 aliphatic carbocycles. The minimum absolute atomic E-state index is 0.000911. The summed E-state index contributed by atoms with van der Waals surface area (Å²) in [6, 6.07) is 20.3. The molecule has 0 fully saturated rings. The third kappa shape index (κ3) is 5.34. The van der Waals surface area contributed by atoms with Gasteiger partial charge in [-0.1, -0.05) is 35.9 Å². The molecule has 1 unspecified atom stereocenters. The predicted octanol–water partition coefficient (Wildman–Crippen LogP) is 4.76. The van der Waals surface area contributed by atoms with Crippen LogP contribution >= 0.6 is 11.6 Å². The highest BCUT2D eigenvalue weighted by atomic mass is 35.5. The van der Waals surface area contributed by atoms with Crippen molar-refractivity contribution in [2.45, 2.75) is 17.9 Å². The number of amides is 1. The largest absolute Gasteiger partial charge is 0.497 e. The number of sulfonamides is 1. The van der Waals surface area contributed by atoms with Crippen molar-refractivity contribution in [3.8, 4) is 5.75 Å². The molecule has 0 spiro atoms. The van der Waals surface area contributed by atoms with Crippen LogP contribution in [0.2, 0.25) is 5.02 Å². The number of rotatable bonds is 7. The van der Waals surface area contributed by atoms with E-state index >= 15 is 0 Å². The lowest BCUT2D eigenvalue weighted by Crippen LogP contribution is -2.20. The van der Waals surface area contributed by atoms with Gasteiger partial charge in [0.1, 0.15) is 11.8 Å². The molecule has 3 aromatic carbocycles. The maximum absolute atomic E-state index is 13.0. The minimum Gasteiger partial charge on any atom is -0.497 e. The van der Waals surface area contributed by atoms with Crippen LogP contribution in [-0.4, -0.2) is 36.2 Å². The van der Waals surface area contributed by atoms with Crippen molar-refractivity contribution in [1.82, 2.24) is 14.8 Å². The molecule has 0 saturated carbocycles. The summed E-state index contributed by atoms with van der Waals surface area (Å²) >= 11 is 6.07. The molecular weight excluding hydrogens is 528 g/mol. The van der Waals surface area contributed by atoms with Crippen LogP contribution in [-0.2, 0) is 14.8 Å². The second-order valence-corrected chi connectivity index (χ2v) is 10.6. The fourth-order valence-electron chi connectivity index (χ4n) is 3.97. The molecule has 1 aliphatic heterocycles. The van der Waals surface area contributed by atoms with Gasteiger partial charge in [-0.15, -0.1) is 5.10 Å². The number of nitrogens with one attached hydrogen (secondary N) is 3. The second-order valence-electron chi connectivity index (χ2n) is 8.44. The fraction of sp³-hybridized carbons (Fsp3) is 0.115. The van der Waals surface area contributed by atoms with Gasteiger partial charge in [0.25, 0.3) is 16.0 Å². The van der Waals surface area contributed by atoms with Gasteiger partial charge in [0.2, 0.25) is 11.9 Å². The number of benzene rings is 3. The lowest BCUT2D eigenvalue weighted by atomic mass is 10.0. The summed E-state index contributed by atoms with van der Waals surface area (Å²) in [5.41, 5.74) is 3.03. The van der Waals surface area contributed by atoms with Gasteiger partial charge in [-0.05, 0) is 65.7 Å². The third-order valence-corrected chi connectivity index (χ3v) is 7.38. The van der Waals surface area contributed by atoms with E-state index in [2.05, 4.69) is 25.4 Å². The van der Waals surface area contributed by atoms with E-state index in [1.165, 1.54) is 31.2 Å². The van der Waals surface area contributed by atoms with E-state index in [4.69, 9.17) is 16.3 Å². The number of allylic oxidation sites excluding steroid dienone is 1. The zero-order valence-corrected chi connectivity index (χ0v) is 21.9. The Balaban J connectivity index is 1.48. The lowest BCUT2D eigenvalue weighted by molar-refractivity contribution is -0.114. The Hall–Kier alpha value is -4.35. The summed E-state index contributed by atoms with van der Waals surface area (Å²) < 4.78 is 35.4. The summed E-state index contributed by atoms with van der Waals surface area (Å²) in [4.78, 5) is 15.7. The molecule has 0 radical (unpaired) electrons. The molecule has 0 saturated heterocycles. The first-order valence-electron chi connectivity index (χ1n) is 11.5. The number of carbonyl (C=O) groups excluding carboxylic acids is 1. The van der Waals surface area contributed by atoms with E-state index in [9.17, 15) is 13.2 Å². The average molecular weight is 551 g/mol. The SMILES string of the molecule is COc1ccc(C2C=C(c3ccc(Cl)cc3)Nc3nc(NS(=O)(=O)c4ccc(NC(C)=O)cc4)nn32)cc1. The molecule has 4 aromatic rings. The zero-order valence-electron chi connectivity index (χ0n) is 20.3. The van der Waals surface area contributed by atoms with Crippen LogP contribution in [0.15, 0.2) is 83.8 Å². The fourth-order valence-corrected chi connectivity index (χ4v) is 5.04. The predicted molar refractivity (Wildman–Crippen MR) is 146 cm³/mol. The summed E-state index contributed by atoms with van der Waals surface area (Å²) in [6.45, 7) is 1.37. The van der Waals surface area contributed by atoms with Crippen LogP contribution in [0.5, 0.6) is 5.75 Å². The number of carbonyl (C=O) groups is 1. The van der Waals surface area contributed by atoms with Crippen LogP contribution in [0.4, 0.5) is 17.6 Å². The molecule has 1 aromatic heterocycles. The molecule has 38 heavy (non-hydrogen) atoms. The van der Waals surface area contributed by atoms with E-state index in [0.717, 1.165) is 16.8 Å². The molecule has 1 aliphatic rings. The topological polar surface area (TPSA) is 127 Å². The van der Waals surface area contributed by atoms with E-state index < -0.39 is 10.0 Å². The number of fused-ring (bicyclic) bond motifs is 1. The molecule has 1 atom stereocenters. The smallest absolute Gasteiger partial charge is 0.264 e. The number of aromatic nitrogens is 3.